The van der Waals surface area contributed by atoms with Gasteiger partial charge in [-0.15, -0.1) is 0 Å². The summed E-state index contributed by atoms with van der Waals surface area (Å²) in [5.41, 5.74) is -0.153. The Bertz CT molecular complexity index is 629. The second kappa shape index (κ2) is 6.93. The van der Waals surface area contributed by atoms with Gasteiger partial charge in [-0.2, -0.15) is 0 Å². The van der Waals surface area contributed by atoms with Gasteiger partial charge in [0.2, 0.25) is 0 Å². The van der Waals surface area contributed by atoms with Crippen molar-refractivity contribution < 1.29 is 19.1 Å². The molecule has 0 aliphatic heterocycles. The SMILES string of the molecule is CC/C(C)=C\C1(OC(=O)C(C)(C)CC)C2CC3CC1CC(C(=O)OC)(C3)C2. The van der Waals surface area contributed by atoms with Crippen molar-refractivity contribution in [2.24, 2.45) is 28.6 Å². The van der Waals surface area contributed by atoms with Gasteiger partial charge in [-0.3, -0.25) is 9.59 Å². The number of esters is 2. The van der Waals surface area contributed by atoms with Gasteiger partial charge in [0.25, 0.3) is 0 Å². The van der Waals surface area contributed by atoms with Crippen LogP contribution in [0.2, 0.25) is 0 Å². The Kier molecular flexibility index (Phi) is 5.24. The minimum atomic E-state index is -0.557. The smallest absolute Gasteiger partial charge is 0.312 e. The van der Waals surface area contributed by atoms with Crippen LogP contribution in [-0.2, 0) is 19.1 Å². The summed E-state index contributed by atoms with van der Waals surface area (Å²) in [5.74, 6) is 0.793. The molecule has 152 valence electrons. The lowest BCUT2D eigenvalue weighted by molar-refractivity contribution is -0.220. The molecular weight excluding hydrogens is 340 g/mol. The first-order valence-electron chi connectivity index (χ1n) is 10.6. The lowest BCUT2D eigenvalue weighted by Gasteiger charge is -2.62. The summed E-state index contributed by atoms with van der Waals surface area (Å²) in [7, 11) is 1.50. The first-order valence-corrected chi connectivity index (χ1v) is 10.6. The number of hydrogen-bond acceptors (Lipinski definition) is 4. The van der Waals surface area contributed by atoms with E-state index in [1.807, 2.05) is 20.8 Å². The van der Waals surface area contributed by atoms with E-state index in [4.69, 9.17) is 9.47 Å². The zero-order valence-corrected chi connectivity index (χ0v) is 17.9. The number of methoxy groups -OCH3 is 1. The molecule has 4 aliphatic rings. The zero-order valence-electron chi connectivity index (χ0n) is 17.9. The molecule has 4 nitrogen and oxygen atoms in total. The van der Waals surface area contributed by atoms with Crippen LogP contribution < -0.4 is 0 Å². The highest BCUT2D eigenvalue weighted by Gasteiger charge is 2.66. The first kappa shape index (κ1) is 20.4. The summed E-state index contributed by atoms with van der Waals surface area (Å²) in [5, 5.41) is 0. The van der Waals surface area contributed by atoms with Crippen molar-refractivity contribution in [2.75, 3.05) is 7.11 Å². The summed E-state index contributed by atoms with van der Waals surface area (Å²) >= 11 is 0. The van der Waals surface area contributed by atoms with Gasteiger partial charge in [0.15, 0.2) is 0 Å². The fraction of sp³-hybridized carbons (Fsp3) is 0.826. The van der Waals surface area contributed by atoms with Crippen LogP contribution in [0.15, 0.2) is 11.6 Å². The van der Waals surface area contributed by atoms with E-state index in [1.54, 1.807) is 0 Å². The van der Waals surface area contributed by atoms with Crippen molar-refractivity contribution in [1.82, 2.24) is 0 Å². The molecule has 0 aromatic carbocycles. The lowest BCUT2D eigenvalue weighted by Crippen LogP contribution is -2.64. The maximum atomic E-state index is 13.1. The average molecular weight is 377 g/mol. The Morgan fingerprint density at radius 1 is 1.11 bits per heavy atom. The summed E-state index contributed by atoms with van der Waals surface area (Å²) in [6, 6.07) is 0. The van der Waals surface area contributed by atoms with Gasteiger partial charge in [-0.25, -0.2) is 0 Å². The summed E-state index contributed by atoms with van der Waals surface area (Å²) in [4.78, 5) is 25.7. The van der Waals surface area contributed by atoms with Gasteiger partial charge < -0.3 is 9.47 Å². The van der Waals surface area contributed by atoms with Gasteiger partial charge in [-0.1, -0.05) is 19.4 Å². The van der Waals surface area contributed by atoms with E-state index in [9.17, 15) is 9.59 Å². The van der Waals surface area contributed by atoms with E-state index in [0.29, 0.717) is 5.92 Å². The molecule has 0 spiro atoms. The number of carbonyl (C=O) groups excluding carboxylic acids is 2. The summed E-state index contributed by atoms with van der Waals surface area (Å²) in [6.07, 6.45) is 8.53. The average Bonchev–Trinajstić information content (AvgIpc) is 2.64. The predicted octanol–water partition coefficient (Wildman–Crippen LogP) is 5.06. The zero-order chi connectivity index (χ0) is 20.0. The van der Waals surface area contributed by atoms with Crippen LogP contribution >= 0.6 is 0 Å². The molecule has 4 heteroatoms. The molecule has 0 heterocycles. The molecule has 27 heavy (non-hydrogen) atoms. The molecule has 2 unspecified atom stereocenters. The highest BCUT2D eigenvalue weighted by Crippen LogP contribution is 2.65. The third kappa shape index (κ3) is 3.23. The van der Waals surface area contributed by atoms with Gasteiger partial charge in [0.1, 0.15) is 5.60 Å². The largest absolute Gasteiger partial charge is 0.469 e. The van der Waals surface area contributed by atoms with E-state index in [0.717, 1.165) is 44.9 Å². The molecule has 0 N–H and O–H groups in total. The number of rotatable bonds is 6. The van der Waals surface area contributed by atoms with Crippen molar-refractivity contribution in [3.8, 4) is 0 Å². The van der Waals surface area contributed by atoms with Gasteiger partial charge in [0.05, 0.1) is 17.9 Å². The van der Waals surface area contributed by atoms with Crippen LogP contribution in [0.4, 0.5) is 0 Å². The van der Waals surface area contributed by atoms with Crippen LogP contribution in [-0.4, -0.2) is 24.6 Å². The maximum Gasteiger partial charge on any atom is 0.312 e. The van der Waals surface area contributed by atoms with E-state index in [2.05, 4.69) is 19.9 Å². The molecule has 0 aromatic heterocycles. The quantitative estimate of drug-likeness (QED) is 0.480. The molecule has 0 aromatic rings. The first-order chi connectivity index (χ1) is 12.6. The molecular formula is C23H36O4. The third-order valence-electron chi connectivity index (χ3n) is 7.82. The summed E-state index contributed by atoms with van der Waals surface area (Å²) in [6.45, 7) is 10.2. The van der Waals surface area contributed by atoms with Crippen molar-refractivity contribution >= 4 is 11.9 Å². The van der Waals surface area contributed by atoms with Gasteiger partial charge in [0, 0.05) is 11.8 Å². The highest BCUT2D eigenvalue weighted by atomic mass is 16.6. The Morgan fingerprint density at radius 2 is 1.70 bits per heavy atom. The minimum Gasteiger partial charge on any atom is -0.469 e. The molecule has 4 bridgehead atoms. The van der Waals surface area contributed by atoms with Crippen LogP contribution in [0.3, 0.4) is 0 Å². The monoisotopic (exact) mass is 376 g/mol. The number of ether oxygens (including phenoxy) is 2. The Balaban J connectivity index is 2.01. The molecule has 0 saturated heterocycles. The Morgan fingerprint density at radius 3 is 2.19 bits per heavy atom. The molecule has 2 atom stereocenters. The Hall–Kier alpha value is -1.32. The van der Waals surface area contributed by atoms with E-state index >= 15 is 0 Å². The predicted molar refractivity (Wildman–Crippen MR) is 105 cm³/mol. The molecule has 0 amide bonds. The van der Waals surface area contributed by atoms with E-state index < -0.39 is 11.0 Å². The summed E-state index contributed by atoms with van der Waals surface area (Å²) < 4.78 is 11.6. The van der Waals surface area contributed by atoms with E-state index in [1.165, 1.54) is 12.7 Å². The minimum absolute atomic E-state index is 0.0630. The van der Waals surface area contributed by atoms with Gasteiger partial charge in [-0.05, 0) is 77.7 Å². The van der Waals surface area contributed by atoms with Crippen LogP contribution in [0.1, 0.15) is 79.6 Å². The van der Waals surface area contributed by atoms with Crippen LogP contribution in [0.25, 0.3) is 0 Å². The van der Waals surface area contributed by atoms with Crippen molar-refractivity contribution in [1.29, 1.82) is 0 Å². The molecule has 0 radical (unpaired) electrons. The lowest BCUT2D eigenvalue weighted by atomic mass is 9.44. The molecule has 4 aliphatic carbocycles. The fourth-order valence-corrected chi connectivity index (χ4v) is 5.83. The normalized spacial score (nSPS) is 38.0. The molecule has 4 fully saturated rings. The number of carbonyl (C=O) groups is 2. The van der Waals surface area contributed by atoms with Gasteiger partial charge >= 0.3 is 11.9 Å². The van der Waals surface area contributed by atoms with Crippen LogP contribution in [0, 0.1) is 28.6 Å². The fourth-order valence-electron chi connectivity index (χ4n) is 5.83. The number of hydrogen-bond donors (Lipinski definition) is 0. The highest BCUT2D eigenvalue weighted by molar-refractivity contribution is 5.78. The van der Waals surface area contributed by atoms with Crippen molar-refractivity contribution in [3.05, 3.63) is 11.6 Å². The maximum absolute atomic E-state index is 13.1. The molecule has 4 saturated carbocycles. The standard InChI is InChI=1S/C23H36O4/c1-7-15(3)11-23(27-19(24)21(4,5)8-2)17-9-16-10-18(23)14-22(12-16,13-17)20(25)26-6/h11,16-18H,7-10,12-14H2,1-6H3/b15-11-. The number of allylic oxidation sites excluding steroid dienone is 1. The second-order valence-corrected chi connectivity index (χ2v) is 9.94. The van der Waals surface area contributed by atoms with Crippen molar-refractivity contribution in [2.45, 2.75) is 85.2 Å². The molecule has 4 rings (SSSR count). The van der Waals surface area contributed by atoms with Crippen LogP contribution in [0.5, 0.6) is 0 Å². The van der Waals surface area contributed by atoms with Crippen molar-refractivity contribution in [3.63, 3.8) is 0 Å². The second-order valence-electron chi connectivity index (χ2n) is 9.94. The topological polar surface area (TPSA) is 52.6 Å². The third-order valence-corrected chi connectivity index (χ3v) is 7.82. The Labute approximate surface area is 164 Å². The van der Waals surface area contributed by atoms with E-state index in [-0.39, 0.29) is 29.2 Å².